The highest BCUT2D eigenvalue weighted by atomic mass is 32.1. The summed E-state index contributed by atoms with van der Waals surface area (Å²) < 4.78 is 44.9. The molecule has 0 bridgehead atoms. The van der Waals surface area contributed by atoms with Gasteiger partial charge in [-0.3, -0.25) is 10.2 Å². The number of benzene rings is 1. The molecule has 0 saturated heterocycles. The van der Waals surface area contributed by atoms with Crippen LogP contribution in [0.1, 0.15) is 23.7 Å². The van der Waals surface area contributed by atoms with Crippen molar-refractivity contribution in [2.45, 2.75) is 19.5 Å². The molecular formula is C22H22F3N5O2S. The van der Waals surface area contributed by atoms with Gasteiger partial charge < -0.3 is 9.64 Å². The molecule has 0 amide bonds. The Balaban J connectivity index is 1.75. The Labute approximate surface area is 192 Å². The van der Waals surface area contributed by atoms with Crippen molar-refractivity contribution in [3.8, 4) is 11.3 Å². The number of anilines is 2. The fraction of sp³-hybridized carbons (Fsp3) is 0.273. The molecule has 2 heterocycles. The molecule has 0 aliphatic rings. The van der Waals surface area contributed by atoms with Crippen LogP contribution in [0.15, 0.2) is 46.9 Å². The molecule has 1 aromatic carbocycles. The van der Waals surface area contributed by atoms with Gasteiger partial charge in [-0.25, -0.2) is 9.97 Å². The van der Waals surface area contributed by atoms with E-state index in [0.717, 1.165) is 12.1 Å². The highest BCUT2D eigenvalue weighted by Gasteiger charge is 2.32. The van der Waals surface area contributed by atoms with E-state index < -0.39 is 11.7 Å². The second kappa shape index (κ2) is 10.4. The van der Waals surface area contributed by atoms with Crippen LogP contribution in [0, 0.1) is 0 Å². The molecule has 33 heavy (non-hydrogen) atoms. The standard InChI is InChI=1S/C22H22F3N5O2S/c1-4-32-20(31)11-17-13-33-21(27-17)29-26-12-14-6-5-7-15(8-14)18-9-16(22(23,24)25)10-19(28-18)30(2)3/h5-10,12-13H,4,11H2,1-3H3,(H,27,29). The van der Waals surface area contributed by atoms with Crippen molar-refractivity contribution >= 4 is 34.5 Å². The Hall–Kier alpha value is -3.47. The zero-order valence-electron chi connectivity index (χ0n) is 18.2. The van der Waals surface area contributed by atoms with Crippen LogP contribution in [0.4, 0.5) is 24.1 Å². The third-order valence-corrected chi connectivity index (χ3v) is 5.13. The molecule has 0 spiro atoms. The number of hydrazone groups is 1. The molecule has 1 N–H and O–H groups in total. The number of hydrogen-bond acceptors (Lipinski definition) is 8. The number of alkyl halides is 3. The van der Waals surface area contributed by atoms with Crippen molar-refractivity contribution < 1.29 is 22.7 Å². The number of hydrogen-bond donors (Lipinski definition) is 1. The lowest BCUT2D eigenvalue weighted by Gasteiger charge is -2.16. The number of nitrogens with zero attached hydrogens (tertiary/aromatic N) is 4. The van der Waals surface area contributed by atoms with Crippen molar-refractivity contribution in [1.29, 1.82) is 0 Å². The van der Waals surface area contributed by atoms with Gasteiger partial charge in [0.05, 0.1) is 36.2 Å². The molecule has 11 heteroatoms. The monoisotopic (exact) mass is 477 g/mol. The van der Waals surface area contributed by atoms with Crippen LogP contribution in [0.5, 0.6) is 0 Å². The average molecular weight is 478 g/mol. The first-order valence-electron chi connectivity index (χ1n) is 9.92. The normalized spacial score (nSPS) is 11.6. The van der Waals surface area contributed by atoms with Crippen LogP contribution in [0.2, 0.25) is 0 Å². The van der Waals surface area contributed by atoms with Gasteiger partial charge in [0.25, 0.3) is 0 Å². The second-order valence-electron chi connectivity index (χ2n) is 7.11. The molecule has 0 aliphatic heterocycles. The Morgan fingerprint density at radius 2 is 2.03 bits per heavy atom. The van der Waals surface area contributed by atoms with Gasteiger partial charge in [-0.1, -0.05) is 18.2 Å². The predicted molar refractivity (Wildman–Crippen MR) is 123 cm³/mol. The Morgan fingerprint density at radius 1 is 1.24 bits per heavy atom. The predicted octanol–water partition coefficient (Wildman–Crippen LogP) is 4.84. The minimum absolute atomic E-state index is 0.0801. The smallest absolute Gasteiger partial charge is 0.416 e. The summed E-state index contributed by atoms with van der Waals surface area (Å²) in [4.78, 5) is 21.7. The lowest BCUT2D eigenvalue weighted by Crippen LogP contribution is -2.14. The maximum absolute atomic E-state index is 13.3. The van der Waals surface area contributed by atoms with Crippen LogP contribution in [-0.2, 0) is 22.1 Å². The third kappa shape index (κ3) is 6.75. The van der Waals surface area contributed by atoms with Gasteiger partial charge in [-0.05, 0) is 30.7 Å². The molecule has 0 aliphatic carbocycles. The minimum Gasteiger partial charge on any atom is -0.466 e. The largest absolute Gasteiger partial charge is 0.466 e. The average Bonchev–Trinajstić information content (AvgIpc) is 3.20. The lowest BCUT2D eigenvalue weighted by molar-refractivity contribution is -0.142. The quantitative estimate of drug-likeness (QED) is 0.284. The van der Waals surface area contributed by atoms with Crippen molar-refractivity contribution in [3.63, 3.8) is 0 Å². The number of pyridine rings is 1. The summed E-state index contributed by atoms with van der Waals surface area (Å²) >= 11 is 1.29. The Morgan fingerprint density at radius 3 is 2.73 bits per heavy atom. The van der Waals surface area contributed by atoms with E-state index in [1.807, 2.05) is 0 Å². The third-order valence-electron chi connectivity index (χ3n) is 4.34. The molecule has 0 radical (unpaired) electrons. The number of rotatable bonds is 8. The van der Waals surface area contributed by atoms with Crippen LogP contribution < -0.4 is 10.3 Å². The first-order valence-corrected chi connectivity index (χ1v) is 10.8. The van der Waals surface area contributed by atoms with Crippen LogP contribution in [0.25, 0.3) is 11.3 Å². The first kappa shape index (κ1) is 24.2. The van der Waals surface area contributed by atoms with Gasteiger partial charge in [0, 0.05) is 25.0 Å². The summed E-state index contributed by atoms with van der Waals surface area (Å²) in [7, 11) is 3.27. The first-order chi connectivity index (χ1) is 15.7. The van der Waals surface area contributed by atoms with Crippen LogP contribution >= 0.6 is 11.3 Å². The highest BCUT2D eigenvalue weighted by Crippen LogP contribution is 2.34. The van der Waals surface area contributed by atoms with E-state index in [4.69, 9.17) is 4.74 Å². The second-order valence-corrected chi connectivity index (χ2v) is 7.97. The number of halogens is 3. The van der Waals surface area contributed by atoms with Gasteiger partial charge in [-0.15, -0.1) is 11.3 Å². The van der Waals surface area contributed by atoms with E-state index in [9.17, 15) is 18.0 Å². The molecule has 3 rings (SSSR count). The van der Waals surface area contributed by atoms with Crippen molar-refractivity contribution in [2.75, 3.05) is 31.0 Å². The van der Waals surface area contributed by atoms with E-state index in [0.29, 0.717) is 28.6 Å². The number of esters is 1. The van der Waals surface area contributed by atoms with E-state index in [1.165, 1.54) is 22.5 Å². The Bertz CT molecular complexity index is 1150. The molecule has 0 unspecified atom stereocenters. The molecule has 2 aromatic heterocycles. The van der Waals surface area contributed by atoms with Crippen LogP contribution in [0.3, 0.4) is 0 Å². The van der Waals surface area contributed by atoms with E-state index in [-0.39, 0.29) is 23.9 Å². The van der Waals surface area contributed by atoms with E-state index in [1.54, 1.807) is 50.7 Å². The van der Waals surface area contributed by atoms with Crippen molar-refractivity contribution in [3.05, 3.63) is 58.6 Å². The SMILES string of the molecule is CCOC(=O)Cc1csc(NN=Cc2cccc(-c3cc(C(F)(F)F)cc(N(C)C)n3)c2)n1. The summed E-state index contributed by atoms with van der Waals surface area (Å²) in [6.07, 6.45) is -2.88. The number of nitrogens with one attached hydrogen (secondary N) is 1. The number of thiazole rings is 1. The molecule has 174 valence electrons. The summed E-state index contributed by atoms with van der Waals surface area (Å²) in [5.41, 5.74) is 3.99. The lowest BCUT2D eigenvalue weighted by atomic mass is 10.1. The van der Waals surface area contributed by atoms with Crippen molar-refractivity contribution in [1.82, 2.24) is 9.97 Å². The van der Waals surface area contributed by atoms with Gasteiger partial charge in [0.2, 0.25) is 5.13 Å². The zero-order valence-corrected chi connectivity index (χ0v) is 19.0. The molecule has 7 nitrogen and oxygen atoms in total. The summed E-state index contributed by atoms with van der Waals surface area (Å²) in [6, 6.07) is 8.92. The fourth-order valence-electron chi connectivity index (χ4n) is 2.80. The molecule has 0 fully saturated rings. The summed E-state index contributed by atoms with van der Waals surface area (Å²) in [5, 5.41) is 6.36. The zero-order chi connectivity index (χ0) is 24.0. The molecule has 3 aromatic rings. The molecule has 0 atom stereocenters. The number of carbonyl (C=O) groups excluding carboxylic acids is 1. The summed E-state index contributed by atoms with van der Waals surface area (Å²) in [6.45, 7) is 2.05. The topological polar surface area (TPSA) is 79.7 Å². The highest BCUT2D eigenvalue weighted by molar-refractivity contribution is 7.13. The van der Waals surface area contributed by atoms with Gasteiger partial charge in [0.15, 0.2) is 0 Å². The van der Waals surface area contributed by atoms with E-state index in [2.05, 4.69) is 20.5 Å². The number of carbonyl (C=O) groups is 1. The van der Waals surface area contributed by atoms with Crippen LogP contribution in [-0.4, -0.2) is 42.9 Å². The summed E-state index contributed by atoms with van der Waals surface area (Å²) in [5.74, 6) is -0.141. The van der Waals surface area contributed by atoms with Crippen molar-refractivity contribution in [2.24, 2.45) is 5.10 Å². The minimum atomic E-state index is -4.48. The number of aromatic nitrogens is 2. The maximum atomic E-state index is 13.3. The fourth-order valence-corrected chi connectivity index (χ4v) is 3.46. The van der Waals surface area contributed by atoms with Gasteiger partial charge in [-0.2, -0.15) is 18.3 Å². The van der Waals surface area contributed by atoms with Gasteiger partial charge in [0.1, 0.15) is 5.82 Å². The molecule has 0 saturated carbocycles. The molecular weight excluding hydrogens is 455 g/mol. The van der Waals surface area contributed by atoms with E-state index >= 15 is 0 Å². The maximum Gasteiger partial charge on any atom is 0.416 e. The Kier molecular flexibility index (Phi) is 7.64. The number of ether oxygens (including phenoxy) is 1. The van der Waals surface area contributed by atoms with Gasteiger partial charge >= 0.3 is 12.1 Å².